The molecule has 2 aromatic rings. The van der Waals surface area contributed by atoms with Crippen LogP contribution < -0.4 is 27.5 Å². The van der Waals surface area contributed by atoms with Gasteiger partial charge >= 0.3 is 5.63 Å². The Kier molecular flexibility index (Phi) is 9.88. The fourth-order valence-electron chi connectivity index (χ4n) is 5.96. The molecule has 1 aromatic carbocycles. The molecule has 1 aliphatic heterocycles. The number of nitrogens with one attached hydrogen (secondary N) is 3. The number of aryl methyl sites for hydroxylation is 1. The molecule has 2 bridgehead atoms. The first kappa shape index (κ1) is 33.5. The van der Waals surface area contributed by atoms with Gasteiger partial charge in [0.2, 0.25) is 17.7 Å². The fraction of sp³-hybridized carbons (Fsp3) is 0.516. The number of ketones is 3. The average Bonchev–Trinajstić information content (AvgIpc) is 3.46. The normalized spacial score (nSPS) is 18.4. The van der Waals surface area contributed by atoms with Crippen molar-refractivity contribution in [2.24, 2.45) is 11.7 Å². The molecule has 1 saturated heterocycles. The van der Waals surface area contributed by atoms with Gasteiger partial charge in [0.1, 0.15) is 23.2 Å². The van der Waals surface area contributed by atoms with Crippen LogP contribution in [0.4, 0.5) is 5.69 Å². The van der Waals surface area contributed by atoms with Crippen molar-refractivity contribution in [3.05, 3.63) is 38.7 Å². The SMILES string of the molecule is CONc1cc2oc(=O)c3c(C)c2c(c1C(=O)[C@@H](NC(=O)[C@@H]1CCCN1C(=O)[C@H](C)NC(=O)[C@H](C)N)C(C)C)C(=O)CCC3=O. The summed E-state index contributed by atoms with van der Waals surface area (Å²) in [5.41, 5.74) is 7.31. The Morgan fingerprint density at radius 1 is 1.02 bits per heavy atom. The Morgan fingerprint density at radius 2 is 1.67 bits per heavy atom. The third kappa shape index (κ3) is 6.38. The molecule has 3 amide bonds. The first-order valence-corrected chi connectivity index (χ1v) is 14.9. The van der Waals surface area contributed by atoms with E-state index in [-0.39, 0.29) is 58.3 Å². The van der Waals surface area contributed by atoms with Gasteiger partial charge in [0.25, 0.3) is 0 Å². The van der Waals surface area contributed by atoms with E-state index in [1.54, 1.807) is 13.8 Å². The summed E-state index contributed by atoms with van der Waals surface area (Å²) >= 11 is 0. The van der Waals surface area contributed by atoms with Crippen molar-refractivity contribution in [1.82, 2.24) is 15.5 Å². The van der Waals surface area contributed by atoms with E-state index >= 15 is 0 Å². The van der Waals surface area contributed by atoms with E-state index in [1.807, 2.05) is 0 Å². The van der Waals surface area contributed by atoms with Gasteiger partial charge in [-0.25, -0.2) is 4.79 Å². The molecule has 5 N–H and O–H groups in total. The molecule has 0 radical (unpaired) electrons. The van der Waals surface area contributed by atoms with Gasteiger partial charge in [0, 0.05) is 36.4 Å². The fourth-order valence-corrected chi connectivity index (χ4v) is 5.96. The third-order valence-electron chi connectivity index (χ3n) is 8.27. The van der Waals surface area contributed by atoms with E-state index in [2.05, 4.69) is 16.1 Å². The lowest BCUT2D eigenvalue weighted by Gasteiger charge is -2.30. The van der Waals surface area contributed by atoms with Crippen molar-refractivity contribution >= 4 is 51.7 Å². The molecule has 0 spiro atoms. The number of likely N-dealkylation sites (tertiary alicyclic amines) is 1. The largest absolute Gasteiger partial charge is 0.422 e. The van der Waals surface area contributed by atoms with Crippen LogP contribution >= 0.6 is 0 Å². The Labute approximate surface area is 259 Å². The molecule has 4 rings (SSSR count). The van der Waals surface area contributed by atoms with E-state index in [4.69, 9.17) is 15.0 Å². The summed E-state index contributed by atoms with van der Waals surface area (Å²) in [5, 5.41) is 5.51. The lowest BCUT2D eigenvalue weighted by Crippen LogP contribution is -2.56. The molecule has 2 heterocycles. The smallest absolute Gasteiger partial charge is 0.347 e. The maximum Gasteiger partial charge on any atom is 0.347 e. The zero-order valence-electron chi connectivity index (χ0n) is 26.2. The molecule has 14 heteroatoms. The van der Waals surface area contributed by atoms with Crippen LogP contribution in [0.2, 0.25) is 0 Å². The van der Waals surface area contributed by atoms with Gasteiger partial charge in [0.15, 0.2) is 17.3 Å². The van der Waals surface area contributed by atoms with Crippen LogP contribution in [0, 0.1) is 12.8 Å². The van der Waals surface area contributed by atoms with Gasteiger partial charge in [-0.2, -0.15) is 0 Å². The van der Waals surface area contributed by atoms with Crippen molar-refractivity contribution in [3.63, 3.8) is 0 Å². The van der Waals surface area contributed by atoms with Crippen LogP contribution in [-0.2, 0) is 19.2 Å². The second kappa shape index (κ2) is 13.3. The number of hydrogen-bond acceptors (Lipinski definition) is 11. The van der Waals surface area contributed by atoms with Crippen molar-refractivity contribution in [2.75, 3.05) is 19.1 Å². The van der Waals surface area contributed by atoms with Gasteiger partial charge in [-0.05, 0) is 45.1 Å². The Morgan fingerprint density at radius 3 is 2.27 bits per heavy atom. The first-order chi connectivity index (χ1) is 21.2. The van der Waals surface area contributed by atoms with E-state index < -0.39 is 70.8 Å². The minimum absolute atomic E-state index is 0.00844. The van der Waals surface area contributed by atoms with Gasteiger partial charge in [-0.3, -0.25) is 39.1 Å². The van der Waals surface area contributed by atoms with Crippen LogP contribution in [0.15, 0.2) is 15.3 Å². The predicted octanol–water partition coefficient (Wildman–Crippen LogP) is 1.40. The van der Waals surface area contributed by atoms with Crippen LogP contribution in [0.1, 0.15) is 90.0 Å². The molecule has 1 fully saturated rings. The molecule has 14 nitrogen and oxygen atoms in total. The highest BCUT2D eigenvalue weighted by atomic mass is 16.6. The highest BCUT2D eigenvalue weighted by molar-refractivity contribution is 6.23. The average molecular weight is 626 g/mol. The Hall–Kier alpha value is -4.43. The van der Waals surface area contributed by atoms with Crippen LogP contribution in [0.5, 0.6) is 0 Å². The minimum Gasteiger partial charge on any atom is -0.422 e. The van der Waals surface area contributed by atoms with Crippen molar-refractivity contribution in [2.45, 2.75) is 84.5 Å². The summed E-state index contributed by atoms with van der Waals surface area (Å²) in [5.74, 6) is -3.65. The molecule has 0 unspecified atom stereocenters. The Balaban J connectivity index is 1.74. The number of rotatable bonds is 10. The topological polar surface area (TPSA) is 207 Å². The molecule has 45 heavy (non-hydrogen) atoms. The van der Waals surface area contributed by atoms with Crippen molar-refractivity contribution < 1.29 is 38.0 Å². The van der Waals surface area contributed by atoms with Crippen molar-refractivity contribution in [1.29, 1.82) is 0 Å². The van der Waals surface area contributed by atoms with Gasteiger partial charge in [-0.1, -0.05) is 13.8 Å². The molecule has 242 valence electrons. The maximum atomic E-state index is 14.4. The minimum atomic E-state index is -1.15. The maximum absolute atomic E-state index is 14.4. The number of benzene rings is 1. The van der Waals surface area contributed by atoms with Gasteiger partial charge in [0.05, 0.1) is 30.4 Å². The number of nitrogens with two attached hydrogens (primary N) is 1. The van der Waals surface area contributed by atoms with E-state index in [9.17, 15) is 33.6 Å². The molecule has 1 aliphatic carbocycles. The number of amides is 3. The van der Waals surface area contributed by atoms with E-state index in [1.165, 1.54) is 38.8 Å². The predicted molar refractivity (Wildman–Crippen MR) is 163 cm³/mol. The summed E-state index contributed by atoms with van der Waals surface area (Å²) in [6.45, 7) is 8.26. The number of Topliss-reactive ketones (excluding diaryl/α,β-unsaturated/α-hetero) is 3. The molecule has 2 aliphatic rings. The summed E-state index contributed by atoms with van der Waals surface area (Å²) < 4.78 is 5.44. The van der Waals surface area contributed by atoms with Crippen LogP contribution in [0.3, 0.4) is 0 Å². The third-order valence-corrected chi connectivity index (χ3v) is 8.27. The number of hydrogen-bond donors (Lipinski definition) is 4. The Bertz CT molecular complexity index is 1640. The van der Waals surface area contributed by atoms with E-state index in [0.29, 0.717) is 12.8 Å². The second-order valence-corrected chi connectivity index (χ2v) is 11.9. The van der Waals surface area contributed by atoms with Gasteiger partial charge in [-0.15, -0.1) is 0 Å². The summed E-state index contributed by atoms with van der Waals surface area (Å²) in [7, 11) is 1.30. The quantitative estimate of drug-likeness (QED) is 0.169. The van der Waals surface area contributed by atoms with E-state index in [0.717, 1.165) is 0 Å². The summed E-state index contributed by atoms with van der Waals surface area (Å²) in [6.07, 6.45) is 0.385. The molecule has 1 aromatic heterocycles. The molecular weight excluding hydrogens is 586 g/mol. The molecule has 4 atom stereocenters. The standard InChI is InChI=1S/C31H39N5O9/c1-13(2)26(34-29(41)18-8-7-11-36(18)30(42)16(5)33-28(40)15(4)32)27(39)24-17(35-44-6)12-21-23-14(3)22(31(43)45-21)19(37)9-10-20(38)25(23)24/h12-13,15-16,18,26,35H,7-11,32H2,1-6H3,(H,33,40)(H,34,41)/t15-,16-,18-,26-/m0/s1. The van der Waals surface area contributed by atoms with Crippen LogP contribution in [0.25, 0.3) is 11.0 Å². The first-order valence-electron chi connectivity index (χ1n) is 14.9. The number of carbonyl (C=O) groups is 6. The summed E-state index contributed by atoms with van der Waals surface area (Å²) in [4.78, 5) is 98.9. The molecular formula is C31H39N5O9. The molecule has 0 saturated carbocycles. The summed E-state index contributed by atoms with van der Waals surface area (Å²) in [6, 6.07) is -2.44. The van der Waals surface area contributed by atoms with Gasteiger partial charge < -0.3 is 25.7 Å². The number of anilines is 1. The zero-order valence-corrected chi connectivity index (χ0v) is 26.2. The van der Waals surface area contributed by atoms with Crippen LogP contribution in [-0.4, -0.2) is 77.8 Å². The number of nitrogens with zero attached hydrogens (tertiary/aromatic N) is 1. The second-order valence-electron chi connectivity index (χ2n) is 11.9. The zero-order chi connectivity index (χ0) is 33.3. The van der Waals surface area contributed by atoms with Crippen molar-refractivity contribution in [3.8, 4) is 0 Å². The lowest BCUT2D eigenvalue weighted by atomic mass is 9.83. The monoisotopic (exact) mass is 625 g/mol. The highest BCUT2D eigenvalue weighted by Gasteiger charge is 2.40. The highest BCUT2D eigenvalue weighted by Crippen LogP contribution is 2.36. The lowest BCUT2D eigenvalue weighted by molar-refractivity contribution is -0.141. The number of carbonyl (C=O) groups excluding carboxylic acids is 6. The number of fused-ring (bicyclic) bond motifs is 1.